The molecule has 0 aromatic carbocycles. The van der Waals surface area contributed by atoms with Crippen LogP contribution >= 0.6 is 0 Å². The fourth-order valence-electron chi connectivity index (χ4n) is 7.44. The number of allylic oxidation sites excluding steroid dienone is 4. The molecule has 0 saturated carbocycles. The molecule has 0 aliphatic rings. The van der Waals surface area contributed by atoms with Crippen LogP contribution in [0.4, 0.5) is 0 Å². The van der Waals surface area contributed by atoms with Gasteiger partial charge in [-0.15, -0.1) is 0 Å². The lowest BCUT2D eigenvalue weighted by molar-refractivity contribution is -0.143. The summed E-state index contributed by atoms with van der Waals surface area (Å²) in [6.07, 6.45) is 65.0. The zero-order valence-corrected chi connectivity index (χ0v) is 36.0. The highest BCUT2D eigenvalue weighted by Gasteiger charge is 2.03. The minimum atomic E-state index is 0.00683. The van der Waals surface area contributed by atoms with Gasteiger partial charge in [-0.3, -0.25) is 4.79 Å². The smallest absolute Gasteiger partial charge is 0.305 e. The summed E-state index contributed by atoms with van der Waals surface area (Å²) in [7, 11) is 0. The van der Waals surface area contributed by atoms with E-state index in [1.807, 2.05) is 0 Å². The number of carbonyl (C=O) groups excluding carboxylic acids is 2. The number of hydrogen-bond donors (Lipinski definition) is 0. The Balaban J connectivity index is 3.19. The summed E-state index contributed by atoms with van der Waals surface area (Å²) in [6.45, 7) is 2.89. The van der Waals surface area contributed by atoms with Crippen molar-refractivity contribution in [1.82, 2.24) is 0 Å². The van der Waals surface area contributed by atoms with Gasteiger partial charge in [-0.25, -0.2) is 0 Å². The predicted molar refractivity (Wildman–Crippen MR) is 235 cm³/mol. The van der Waals surface area contributed by atoms with E-state index in [1.165, 1.54) is 218 Å². The van der Waals surface area contributed by atoms with Crippen molar-refractivity contribution < 1.29 is 14.3 Å². The molecule has 0 saturated heterocycles. The molecular formula is C50H94O3. The fraction of sp³-hybridized carbons (Fsp3) is 0.880. The Hall–Kier alpha value is -1.38. The molecule has 0 aromatic heterocycles. The van der Waals surface area contributed by atoms with Crippen molar-refractivity contribution >= 4 is 12.3 Å². The molecule has 0 fully saturated rings. The van der Waals surface area contributed by atoms with Gasteiger partial charge in [0.2, 0.25) is 0 Å². The van der Waals surface area contributed by atoms with Crippen LogP contribution in [0.5, 0.6) is 0 Å². The molecule has 0 rings (SSSR count). The molecule has 0 atom stereocenters. The number of hydrogen-bond acceptors (Lipinski definition) is 3. The van der Waals surface area contributed by atoms with Gasteiger partial charge < -0.3 is 9.53 Å². The first kappa shape index (κ1) is 51.6. The molecule has 3 heteroatoms. The molecule has 53 heavy (non-hydrogen) atoms. The van der Waals surface area contributed by atoms with Gasteiger partial charge in [0, 0.05) is 12.8 Å². The maximum Gasteiger partial charge on any atom is 0.305 e. The Kier molecular flexibility index (Phi) is 47.4. The van der Waals surface area contributed by atoms with Crippen molar-refractivity contribution in [2.24, 2.45) is 0 Å². The van der Waals surface area contributed by atoms with Crippen LogP contribution in [0, 0.1) is 0 Å². The largest absolute Gasteiger partial charge is 0.466 e. The first-order chi connectivity index (χ1) is 26.3. The van der Waals surface area contributed by atoms with E-state index >= 15 is 0 Å². The number of ether oxygens (including phenoxy) is 1. The van der Waals surface area contributed by atoms with Gasteiger partial charge in [-0.2, -0.15) is 0 Å². The highest BCUT2D eigenvalue weighted by molar-refractivity contribution is 5.69. The summed E-state index contributed by atoms with van der Waals surface area (Å²) in [5.74, 6) is 0.00683. The van der Waals surface area contributed by atoms with Gasteiger partial charge >= 0.3 is 5.97 Å². The van der Waals surface area contributed by atoms with E-state index in [2.05, 4.69) is 31.2 Å². The van der Waals surface area contributed by atoms with Crippen LogP contribution in [0.3, 0.4) is 0 Å². The van der Waals surface area contributed by atoms with Crippen LogP contribution < -0.4 is 0 Å². The number of aldehydes is 1. The maximum atomic E-state index is 12.0. The average Bonchev–Trinajstić information content (AvgIpc) is 3.16. The van der Waals surface area contributed by atoms with E-state index in [0.717, 1.165) is 51.2 Å². The summed E-state index contributed by atoms with van der Waals surface area (Å²) in [4.78, 5) is 22.3. The molecule has 3 nitrogen and oxygen atoms in total. The lowest BCUT2D eigenvalue weighted by Gasteiger charge is -2.05. The highest BCUT2D eigenvalue weighted by Crippen LogP contribution is 2.17. The van der Waals surface area contributed by atoms with Crippen LogP contribution in [-0.2, 0) is 14.3 Å². The number of unbranched alkanes of at least 4 members (excludes halogenated alkanes) is 37. The summed E-state index contributed by atoms with van der Waals surface area (Å²) in [5, 5.41) is 0. The quantitative estimate of drug-likeness (QED) is 0.0270. The molecule has 0 bridgehead atoms. The lowest BCUT2D eigenvalue weighted by atomic mass is 10.0. The van der Waals surface area contributed by atoms with Gasteiger partial charge in [-0.1, -0.05) is 237 Å². The summed E-state index contributed by atoms with van der Waals surface area (Å²) >= 11 is 0. The van der Waals surface area contributed by atoms with Crippen LogP contribution in [-0.4, -0.2) is 18.9 Å². The number of carbonyl (C=O) groups is 2. The first-order valence-electron chi connectivity index (χ1n) is 24.2. The van der Waals surface area contributed by atoms with Crippen molar-refractivity contribution in [3.63, 3.8) is 0 Å². The molecule has 0 unspecified atom stereocenters. The molecule has 0 aliphatic carbocycles. The first-order valence-corrected chi connectivity index (χ1v) is 24.2. The standard InChI is InChI=1S/C50H94O3/c1-2-3-4-5-6-7-8-9-10-23-26-29-32-35-38-41-44-47-50(52)53-49-46-43-40-37-34-31-28-25-22-20-18-16-14-12-11-13-15-17-19-21-24-27-30-33-36-39-42-45-48-51/h9-10,26,29,48H,2-8,11-25,27-28,30-47,49H2,1H3/b10-9+,29-26+. The predicted octanol–water partition coefficient (Wildman–Crippen LogP) is 17.2. The molecule has 0 amide bonds. The molecule has 312 valence electrons. The van der Waals surface area contributed by atoms with Crippen LogP contribution in [0.15, 0.2) is 24.3 Å². The van der Waals surface area contributed by atoms with Crippen LogP contribution in [0.2, 0.25) is 0 Å². The second-order valence-electron chi connectivity index (χ2n) is 16.4. The average molecular weight is 743 g/mol. The molecular weight excluding hydrogens is 649 g/mol. The Morgan fingerprint density at radius 2 is 0.660 bits per heavy atom. The van der Waals surface area contributed by atoms with E-state index in [-0.39, 0.29) is 5.97 Å². The molecule has 0 aliphatic heterocycles. The lowest BCUT2D eigenvalue weighted by Crippen LogP contribution is -2.05. The zero-order chi connectivity index (χ0) is 38.2. The third kappa shape index (κ3) is 48.6. The van der Waals surface area contributed by atoms with Crippen LogP contribution in [0.1, 0.15) is 277 Å². The third-order valence-corrected chi connectivity index (χ3v) is 11.1. The molecule has 0 radical (unpaired) electrons. The van der Waals surface area contributed by atoms with Gasteiger partial charge in [0.1, 0.15) is 6.29 Å². The Labute approximate surface area is 333 Å². The van der Waals surface area contributed by atoms with Gasteiger partial charge in [-0.05, 0) is 51.4 Å². The minimum Gasteiger partial charge on any atom is -0.466 e. The number of esters is 1. The Bertz CT molecular complexity index is 756. The van der Waals surface area contributed by atoms with Gasteiger partial charge in [0.15, 0.2) is 0 Å². The second kappa shape index (κ2) is 48.6. The molecule has 0 spiro atoms. The van der Waals surface area contributed by atoms with Crippen LogP contribution in [0.25, 0.3) is 0 Å². The highest BCUT2D eigenvalue weighted by atomic mass is 16.5. The van der Waals surface area contributed by atoms with E-state index < -0.39 is 0 Å². The summed E-state index contributed by atoms with van der Waals surface area (Å²) < 4.78 is 5.47. The van der Waals surface area contributed by atoms with Crippen molar-refractivity contribution in [3.8, 4) is 0 Å². The second-order valence-corrected chi connectivity index (χ2v) is 16.4. The third-order valence-electron chi connectivity index (χ3n) is 11.1. The SMILES string of the molecule is CCCCCCCC/C=C/C/C=C/CCCCCCC(=O)OCCCCCCCCCCCCCCCCCCCCCCCCCCCCCC=O. The van der Waals surface area contributed by atoms with E-state index in [9.17, 15) is 9.59 Å². The molecule has 0 aromatic rings. The zero-order valence-electron chi connectivity index (χ0n) is 36.0. The van der Waals surface area contributed by atoms with E-state index in [1.54, 1.807) is 0 Å². The van der Waals surface area contributed by atoms with Gasteiger partial charge in [0.25, 0.3) is 0 Å². The Morgan fingerprint density at radius 1 is 0.358 bits per heavy atom. The fourth-order valence-corrected chi connectivity index (χ4v) is 7.44. The maximum absolute atomic E-state index is 12.0. The molecule has 0 heterocycles. The topological polar surface area (TPSA) is 43.4 Å². The Morgan fingerprint density at radius 3 is 1.02 bits per heavy atom. The van der Waals surface area contributed by atoms with E-state index in [4.69, 9.17) is 4.74 Å². The number of rotatable bonds is 46. The van der Waals surface area contributed by atoms with Crippen molar-refractivity contribution in [2.45, 2.75) is 277 Å². The summed E-state index contributed by atoms with van der Waals surface area (Å²) in [5.41, 5.74) is 0. The van der Waals surface area contributed by atoms with Crippen molar-refractivity contribution in [1.29, 1.82) is 0 Å². The van der Waals surface area contributed by atoms with Gasteiger partial charge in [0.05, 0.1) is 6.61 Å². The minimum absolute atomic E-state index is 0.00683. The normalized spacial score (nSPS) is 11.7. The molecule has 0 N–H and O–H groups in total. The van der Waals surface area contributed by atoms with Crippen molar-refractivity contribution in [3.05, 3.63) is 24.3 Å². The van der Waals surface area contributed by atoms with Crippen molar-refractivity contribution in [2.75, 3.05) is 6.61 Å². The monoisotopic (exact) mass is 743 g/mol. The summed E-state index contributed by atoms with van der Waals surface area (Å²) in [6, 6.07) is 0. The van der Waals surface area contributed by atoms with E-state index in [0.29, 0.717) is 13.0 Å².